The molecule has 1 unspecified atom stereocenters. The second-order valence-corrected chi connectivity index (χ2v) is 17.7. The molecular formula is C63H100O6. The third kappa shape index (κ3) is 54.4. The first kappa shape index (κ1) is 64.5. The number of carbonyl (C=O) groups excluding carboxylic acids is 3. The van der Waals surface area contributed by atoms with Gasteiger partial charge in [0.2, 0.25) is 0 Å². The second-order valence-electron chi connectivity index (χ2n) is 17.7. The number of hydrogen-bond acceptors (Lipinski definition) is 6. The van der Waals surface area contributed by atoms with E-state index in [1.54, 1.807) is 0 Å². The van der Waals surface area contributed by atoms with E-state index in [1.165, 1.54) is 38.5 Å². The Kier molecular flexibility index (Phi) is 52.5. The van der Waals surface area contributed by atoms with Crippen molar-refractivity contribution in [1.29, 1.82) is 0 Å². The van der Waals surface area contributed by atoms with Crippen LogP contribution in [0.4, 0.5) is 0 Å². The summed E-state index contributed by atoms with van der Waals surface area (Å²) < 4.78 is 16.8. The minimum atomic E-state index is -0.812. The number of rotatable bonds is 48. The lowest BCUT2D eigenvalue weighted by molar-refractivity contribution is -0.167. The maximum absolute atomic E-state index is 12.8. The Balaban J connectivity index is 4.37. The number of esters is 3. The van der Waals surface area contributed by atoms with Crippen molar-refractivity contribution in [3.05, 3.63) is 134 Å². The van der Waals surface area contributed by atoms with Crippen LogP contribution in [0.25, 0.3) is 0 Å². The van der Waals surface area contributed by atoms with Gasteiger partial charge in [0.05, 0.1) is 0 Å². The van der Waals surface area contributed by atoms with E-state index in [4.69, 9.17) is 14.2 Å². The van der Waals surface area contributed by atoms with Crippen LogP contribution >= 0.6 is 0 Å². The van der Waals surface area contributed by atoms with E-state index < -0.39 is 6.10 Å². The highest BCUT2D eigenvalue weighted by Crippen LogP contribution is 2.14. The SMILES string of the molecule is CC/C=C\C/C=C\C/C=C\C/C=C\C/C=C\CCCCCCCCCCCC(=O)OCC(COC(=O)CCCCC/C=C\C/C=C\C/C=C\CC)OC(=O)CCCCC/C=C\C/C=C\C/C=C\CC. The molecule has 0 aliphatic rings. The maximum Gasteiger partial charge on any atom is 0.306 e. The Morgan fingerprint density at radius 1 is 0.290 bits per heavy atom. The topological polar surface area (TPSA) is 78.9 Å². The highest BCUT2D eigenvalue weighted by atomic mass is 16.6. The van der Waals surface area contributed by atoms with Crippen LogP contribution in [-0.2, 0) is 28.6 Å². The number of allylic oxidation sites excluding steroid dienone is 22. The van der Waals surface area contributed by atoms with Crippen molar-refractivity contribution < 1.29 is 28.6 Å². The van der Waals surface area contributed by atoms with E-state index in [0.717, 1.165) is 148 Å². The van der Waals surface area contributed by atoms with E-state index in [1.807, 2.05) is 0 Å². The van der Waals surface area contributed by atoms with Crippen LogP contribution in [-0.4, -0.2) is 37.2 Å². The lowest BCUT2D eigenvalue weighted by Gasteiger charge is -2.18. The van der Waals surface area contributed by atoms with Crippen LogP contribution in [0, 0.1) is 0 Å². The molecule has 0 rings (SSSR count). The first-order chi connectivity index (χ1) is 34.0. The van der Waals surface area contributed by atoms with Crippen molar-refractivity contribution in [3.63, 3.8) is 0 Å². The largest absolute Gasteiger partial charge is 0.462 e. The first-order valence-electron chi connectivity index (χ1n) is 27.7. The molecule has 0 aliphatic heterocycles. The number of ether oxygens (including phenoxy) is 3. The van der Waals surface area contributed by atoms with Gasteiger partial charge >= 0.3 is 17.9 Å². The molecule has 6 heteroatoms. The van der Waals surface area contributed by atoms with Crippen LogP contribution in [0.3, 0.4) is 0 Å². The van der Waals surface area contributed by atoms with Gasteiger partial charge in [-0.3, -0.25) is 14.4 Å². The zero-order chi connectivity index (χ0) is 50.0. The highest BCUT2D eigenvalue weighted by Gasteiger charge is 2.19. The first-order valence-corrected chi connectivity index (χ1v) is 27.7. The molecular weight excluding hydrogens is 853 g/mol. The summed E-state index contributed by atoms with van der Waals surface area (Å²) in [5.41, 5.74) is 0. The normalized spacial score (nSPS) is 13.1. The summed E-state index contributed by atoms with van der Waals surface area (Å²) in [5, 5.41) is 0. The molecule has 1 atom stereocenters. The standard InChI is InChI=1S/C63H100O6/c1-4-7-10-13-16-19-22-25-26-27-28-29-30-31-32-33-34-35-36-39-41-44-47-50-53-56-62(65)68-59-60(69-63(66)57-54-51-48-45-42-38-24-21-18-15-12-9-6-3)58-67-61(64)55-52-49-46-43-40-37-23-20-17-14-11-8-5-2/h7-12,16-21,25-26,28-29,31-32,37-38,40,42,60H,4-6,13-15,22-24,27,30,33-36,39,41,43-59H2,1-3H3/b10-7-,11-8-,12-9-,19-16-,20-17-,21-18-,26-25-,29-28-,32-31-,40-37-,42-38-. The molecule has 0 aromatic rings. The molecule has 0 heterocycles. The van der Waals surface area contributed by atoms with Crippen molar-refractivity contribution >= 4 is 17.9 Å². The molecule has 0 saturated heterocycles. The number of unbranched alkanes of at least 4 members (excludes halogenated alkanes) is 15. The molecule has 0 aliphatic carbocycles. The molecule has 0 fully saturated rings. The Hall–Kier alpha value is -4.45. The number of hydrogen-bond donors (Lipinski definition) is 0. The minimum Gasteiger partial charge on any atom is -0.462 e. The minimum absolute atomic E-state index is 0.107. The van der Waals surface area contributed by atoms with Gasteiger partial charge in [-0.2, -0.15) is 0 Å². The molecule has 0 aromatic heterocycles. The predicted molar refractivity (Wildman–Crippen MR) is 297 cm³/mol. The molecule has 388 valence electrons. The number of carbonyl (C=O) groups is 3. The van der Waals surface area contributed by atoms with Gasteiger partial charge in [-0.25, -0.2) is 0 Å². The Morgan fingerprint density at radius 3 is 0.826 bits per heavy atom. The van der Waals surface area contributed by atoms with Crippen LogP contribution < -0.4 is 0 Å². The van der Waals surface area contributed by atoms with E-state index in [0.29, 0.717) is 12.8 Å². The third-order valence-corrected chi connectivity index (χ3v) is 11.1. The van der Waals surface area contributed by atoms with Crippen molar-refractivity contribution in [1.82, 2.24) is 0 Å². The third-order valence-electron chi connectivity index (χ3n) is 11.1. The monoisotopic (exact) mass is 953 g/mol. The van der Waals surface area contributed by atoms with Crippen molar-refractivity contribution in [2.75, 3.05) is 13.2 Å². The van der Waals surface area contributed by atoms with Gasteiger partial charge in [-0.15, -0.1) is 0 Å². The van der Waals surface area contributed by atoms with Gasteiger partial charge < -0.3 is 14.2 Å². The molecule has 0 radical (unpaired) electrons. The summed E-state index contributed by atoms with van der Waals surface area (Å²) in [4.78, 5) is 38.0. The molecule has 0 amide bonds. The molecule has 0 bridgehead atoms. The van der Waals surface area contributed by atoms with Gasteiger partial charge in [0.25, 0.3) is 0 Å². The Labute approximate surface area is 424 Å². The van der Waals surface area contributed by atoms with Crippen LogP contribution in [0.2, 0.25) is 0 Å². The predicted octanol–water partition coefficient (Wildman–Crippen LogP) is 18.6. The maximum atomic E-state index is 12.8. The van der Waals surface area contributed by atoms with Gasteiger partial charge in [-0.05, 0) is 128 Å². The van der Waals surface area contributed by atoms with Crippen LogP contribution in [0.1, 0.15) is 226 Å². The zero-order valence-electron chi connectivity index (χ0n) is 44.3. The average Bonchev–Trinajstić information content (AvgIpc) is 3.35. The van der Waals surface area contributed by atoms with Gasteiger partial charge in [0, 0.05) is 19.3 Å². The van der Waals surface area contributed by atoms with E-state index in [-0.39, 0.29) is 37.5 Å². The summed E-state index contributed by atoms with van der Waals surface area (Å²) in [7, 11) is 0. The van der Waals surface area contributed by atoms with E-state index >= 15 is 0 Å². The zero-order valence-corrected chi connectivity index (χ0v) is 44.3. The molecule has 0 saturated carbocycles. The van der Waals surface area contributed by atoms with Crippen LogP contribution in [0.15, 0.2) is 134 Å². The van der Waals surface area contributed by atoms with Gasteiger partial charge in [0.15, 0.2) is 6.10 Å². The fraction of sp³-hybridized carbons (Fsp3) is 0.603. The van der Waals surface area contributed by atoms with Gasteiger partial charge in [-0.1, -0.05) is 212 Å². The molecule has 0 spiro atoms. The Bertz CT molecular complexity index is 1510. The molecule has 69 heavy (non-hydrogen) atoms. The summed E-state index contributed by atoms with van der Waals surface area (Å²) in [6.07, 6.45) is 78.8. The quantitative estimate of drug-likeness (QED) is 0.0262. The summed E-state index contributed by atoms with van der Waals surface area (Å²) in [6.45, 7) is 6.22. The lowest BCUT2D eigenvalue weighted by atomic mass is 10.1. The lowest BCUT2D eigenvalue weighted by Crippen LogP contribution is -2.30. The fourth-order valence-corrected chi connectivity index (χ4v) is 7.08. The average molecular weight is 953 g/mol. The fourth-order valence-electron chi connectivity index (χ4n) is 7.08. The summed E-state index contributed by atoms with van der Waals surface area (Å²) in [6, 6.07) is 0. The molecule has 6 nitrogen and oxygen atoms in total. The Morgan fingerprint density at radius 2 is 0.522 bits per heavy atom. The smallest absolute Gasteiger partial charge is 0.306 e. The molecule has 0 N–H and O–H groups in total. The summed E-state index contributed by atoms with van der Waals surface area (Å²) in [5.74, 6) is -0.980. The van der Waals surface area contributed by atoms with Crippen LogP contribution in [0.5, 0.6) is 0 Å². The summed E-state index contributed by atoms with van der Waals surface area (Å²) >= 11 is 0. The second kappa shape index (κ2) is 56.1. The van der Waals surface area contributed by atoms with Gasteiger partial charge in [0.1, 0.15) is 13.2 Å². The van der Waals surface area contributed by atoms with Crippen molar-refractivity contribution in [2.24, 2.45) is 0 Å². The highest BCUT2D eigenvalue weighted by molar-refractivity contribution is 5.71. The van der Waals surface area contributed by atoms with Crippen molar-refractivity contribution in [2.45, 2.75) is 232 Å². The van der Waals surface area contributed by atoms with Crippen molar-refractivity contribution in [3.8, 4) is 0 Å². The van der Waals surface area contributed by atoms with E-state index in [2.05, 4.69) is 154 Å². The molecule has 0 aromatic carbocycles. The van der Waals surface area contributed by atoms with E-state index in [9.17, 15) is 14.4 Å².